The third-order valence-electron chi connectivity index (χ3n) is 15.8. The number of nitrogens with two attached hydrogens (primary N) is 1. The molecule has 4 rings (SSSR count). The fourth-order valence-electron chi connectivity index (χ4n) is 10.9. The Morgan fingerprint density at radius 1 is 0.505 bits per heavy atom. The molecule has 0 fully saturated rings. The van der Waals surface area contributed by atoms with Crippen molar-refractivity contribution in [1.29, 1.82) is 0 Å². The molecule has 518 valence electrons. The molecule has 0 aromatic heterocycles. The van der Waals surface area contributed by atoms with Gasteiger partial charge >= 0.3 is 0 Å². The predicted octanol–water partition coefficient (Wildman–Crippen LogP) is 12.1. The minimum Gasteiger partial charge on any atom is -0.358 e. The molecular formula is C73H113N12O7Pd-. The maximum atomic E-state index is 13.5. The van der Waals surface area contributed by atoms with E-state index >= 15 is 0 Å². The molecule has 8 N–H and O–H groups in total. The van der Waals surface area contributed by atoms with Gasteiger partial charge < -0.3 is 54.9 Å². The van der Waals surface area contributed by atoms with Crippen molar-refractivity contribution in [2.75, 3.05) is 32.7 Å². The van der Waals surface area contributed by atoms with E-state index in [1.165, 1.54) is 0 Å². The van der Waals surface area contributed by atoms with Crippen molar-refractivity contribution in [3.05, 3.63) is 160 Å². The van der Waals surface area contributed by atoms with Gasteiger partial charge in [-0.25, -0.2) is 0 Å². The number of hydrogen-bond acceptors (Lipinski definition) is 10. The van der Waals surface area contributed by atoms with Gasteiger partial charge in [-0.15, -0.1) is 0 Å². The summed E-state index contributed by atoms with van der Waals surface area (Å²) in [5, 5.41) is 22.6. The van der Waals surface area contributed by atoms with Gasteiger partial charge in [0.2, 0.25) is 17.7 Å². The molecule has 4 aromatic rings. The van der Waals surface area contributed by atoms with E-state index in [4.69, 9.17) is 5.73 Å². The molecule has 0 saturated carbocycles. The zero-order valence-corrected chi connectivity index (χ0v) is 60.0. The monoisotopic (exact) mass is 1380 g/mol. The maximum Gasteiger partial charge on any atom is 0.253 e. The number of carbonyl (C=O) groups is 7. The van der Waals surface area contributed by atoms with Crippen LogP contribution in [0.4, 0.5) is 0 Å². The quantitative estimate of drug-likeness (QED) is 0.00738. The van der Waals surface area contributed by atoms with Gasteiger partial charge in [0.15, 0.2) is 0 Å². The van der Waals surface area contributed by atoms with Crippen molar-refractivity contribution >= 4 is 41.4 Å². The predicted molar refractivity (Wildman–Crippen MR) is 372 cm³/mol. The average Bonchev–Trinajstić information content (AvgIpc) is 0.930. The molecule has 8 atom stereocenters. The van der Waals surface area contributed by atoms with Crippen LogP contribution in [0.15, 0.2) is 114 Å². The number of nitrogens with one attached hydrogen (secondary N) is 6. The van der Waals surface area contributed by atoms with Crippen molar-refractivity contribution in [2.24, 2.45) is 46.4 Å². The molecule has 7 amide bonds. The van der Waals surface area contributed by atoms with Gasteiger partial charge in [0, 0.05) is 111 Å². The molecule has 0 spiro atoms. The fraction of sp³-hybridized carbons (Fsp3) is 0.562. The molecule has 4 aromatic carbocycles. The first-order valence-corrected chi connectivity index (χ1v) is 33.2. The summed E-state index contributed by atoms with van der Waals surface area (Å²) in [5.41, 5.74) is 19.9. The zero-order chi connectivity index (χ0) is 67.6. The summed E-state index contributed by atoms with van der Waals surface area (Å²) in [4.78, 5) is 99.3. The van der Waals surface area contributed by atoms with Gasteiger partial charge in [0.25, 0.3) is 23.6 Å². The van der Waals surface area contributed by atoms with Gasteiger partial charge in [0.05, 0.1) is 12.1 Å². The van der Waals surface area contributed by atoms with Crippen LogP contribution in [0.25, 0.3) is 10.4 Å². The summed E-state index contributed by atoms with van der Waals surface area (Å²) < 4.78 is 0. The Bertz CT molecular complexity index is 2890. The Hall–Kier alpha value is -6.94. The first-order valence-electron chi connectivity index (χ1n) is 33.2. The van der Waals surface area contributed by atoms with E-state index in [0.29, 0.717) is 93.8 Å². The number of hydrogen-bond donors (Lipinski definition) is 7. The Kier molecular flexibility index (Phi) is 41.0. The normalized spacial score (nSPS) is 13.5. The van der Waals surface area contributed by atoms with E-state index in [1.54, 1.807) is 55.5 Å². The Morgan fingerprint density at radius 3 is 1.30 bits per heavy atom. The molecule has 0 aliphatic rings. The van der Waals surface area contributed by atoms with Crippen LogP contribution in [0.5, 0.6) is 0 Å². The second-order valence-corrected chi connectivity index (χ2v) is 25.8. The molecule has 0 heterocycles. The van der Waals surface area contributed by atoms with Crippen LogP contribution in [-0.2, 0) is 47.9 Å². The SMILES string of the molecule is CCCN(CCC)C(=O)c1cccc(C(=O)N[C@@H](CC(C)C)[C@@H](N)C[C@@H](C)C(=O)N[C@H](C(=O)NCc2ccccc2)C(C)C)c1.CCCN(CCC)C(=O)c1cccc(C(=O)N[C@@H](CC(C)C)[C@H](C[C@@H](C)CN[C@H](C(=O)NCc2ccccc2)C(C)C)N=[N+]=[N-])c1.[CH3-].[Pd]. The van der Waals surface area contributed by atoms with Crippen LogP contribution in [0.1, 0.15) is 201 Å². The molecule has 0 aliphatic carbocycles. The molecule has 0 unspecified atom stereocenters. The van der Waals surface area contributed by atoms with Crippen LogP contribution in [0.2, 0.25) is 0 Å². The van der Waals surface area contributed by atoms with Crippen LogP contribution >= 0.6 is 0 Å². The Labute approximate surface area is 571 Å². The van der Waals surface area contributed by atoms with Crippen molar-refractivity contribution in [3.63, 3.8) is 0 Å². The summed E-state index contributed by atoms with van der Waals surface area (Å²) in [5.74, 6) is -1.35. The van der Waals surface area contributed by atoms with Crippen molar-refractivity contribution in [1.82, 2.24) is 41.7 Å². The molecule has 0 radical (unpaired) electrons. The van der Waals surface area contributed by atoms with Gasteiger partial charge in [0.1, 0.15) is 6.04 Å². The topological polar surface area (TPSA) is 273 Å². The number of benzene rings is 4. The van der Waals surface area contributed by atoms with E-state index in [1.807, 2.05) is 133 Å². The van der Waals surface area contributed by atoms with Crippen molar-refractivity contribution in [3.8, 4) is 0 Å². The van der Waals surface area contributed by atoms with Gasteiger partial charge in [-0.1, -0.05) is 175 Å². The summed E-state index contributed by atoms with van der Waals surface area (Å²) in [6.07, 6.45) is 5.51. The van der Waals surface area contributed by atoms with Gasteiger partial charge in [-0.2, -0.15) is 0 Å². The summed E-state index contributed by atoms with van der Waals surface area (Å²) in [6.45, 7) is 32.1. The van der Waals surface area contributed by atoms with E-state index in [9.17, 15) is 39.1 Å². The molecule has 0 saturated heterocycles. The third-order valence-corrected chi connectivity index (χ3v) is 15.8. The first kappa shape index (κ1) is 84.1. The number of azide groups is 1. The molecule has 0 aliphatic heterocycles. The standard InChI is InChI=1S/C36H55N7O3.C36H55N5O4.CH3.Pd/c1-8-18-43(19-9-2)36(46)30-17-13-16-29(22-30)34(44)40-31(20-25(3)4)32(41-42-37)21-27(7)23-38-33(26(5)6)35(45)39-24-28-14-11-10-12-15-28;1-8-18-41(19-9-2)36(45)29-17-13-16-28(22-29)34(43)39-31(20-24(3)4)30(37)21-26(7)33(42)40-32(25(5)6)35(44)38-23-27-14-11-10-12-15-27;;/h10-17,22,25-27,31-33,38H,8-9,18-21,23-24H2,1-7H3,(H,39,45)(H,40,44);10-17,22,24-26,30-32H,8-9,18-21,23,37H2,1-7H3,(H,38,44)(H,39,43)(H,40,42);1H3;/q;;-1;/t27-,31+,32+,33+;26-,30+,31+,32+;;/m11../s1. The minimum absolute atomic E-state index is 0. The molecule has 0 bridgehead atoms. The molecular weight excluding hydrogens is 1260 g/mol. The Morgan fingerprint density at radius 2 is 0.903 bits per heavy atom. The zero-order valence-electron chi connectivity index (χ0n) is 58.4. The van der Waals surface area contributed by atoms with Crippen molar-refractivity contribution < 1.29 is 54.0 Å². The van der Waals surface area contributed by atoms with Crippen LogP contribution in [0.3, 0.4) is 0 Å². The van der Waals surface area contributed by atoms with Crippen LogP contribution in [-0.4, -0.2) is 120 Å². The molecule has 93 heavy (non-hydrogen) atoms. The molecule has 20 heteroatoms. The van der Waals surface area contributed by atoms with Gasteiger partial charge in [-0.3, -0.25) is 33.6 Å². The largest absolute Gasteiger partial charge is 0.358 e. The number of carbonyl (C=O) groups excluding carboxylic acids is 7. The first-order chi connectivity index (χ1) is 43.4. The number of rotatable bonds is 38. The number of nitrogens with zero attached hydrogens (tertiary/aromatic N) is 5. The van der Waals surface area contributed by atoms with Crippen LogP contribution in [0, 0.1) is 42.9 Å². The van der Waals surface area contributed by atoms with E-state index < -0.39 is 30.1 Å². The third kappa shape index (κ3) is 30.3. The fourth-order valence-corrected chi connectivity index (χ4v) is 10.9. The minimum atomic E-state index is -0.688. The average molecular weight is 1380 g/mol. The summed E-state index contributed by atoms with van der Waals surface area (Å²) >= 11 is 0. The maximum absolute atomic E-state index is 13.5. The van der Waals surface area contributed by atoms with E-state index in [-0.39, 0.29) is 111 Å². The summed E-state index contributed by atoms with van der Waals surface area (Å²) in [6, 6.07) is 30.2. The van der Waals surface area contributed by atoms with E-state index in [0.717, 1.165) is 36.8 Å². The smallest absolute Gasteiger partial charge is 0.253 e. The second-order valence-electron chi connectivity index (χ2n) is 25.8. The van der Waals surface area contributed by atoms with Gasteiger partial charge in [-0.05, 0) is 141 Å². The van der Waals surface area contributed by atoms with E-state index in [2.05, 4.69) is 69.6 Å². The van der Waals surface area contributed by atoms with Crippen LogP contribution < -0.4 is 37.6 Å². The molecule has 19 nitrogen and oxygen atoms in total. The summed E-state index contributed by atoms with van der Waals surface area (Å²) in [7, 11) is 0. The van der Waals surface area contributed by atoms with Crippen molar-refractivity contribution in [2.45, 2.75) is 198 Å². The number of amides is 7. The Balaban J connectivity index is 0.000000911. The second kappa shape index (κ2) is 45.4.